The predicted octanol–water partition coefficient (Wildman–Crippen LogP) is 1.85. The molecule has 0 aliphatic carbocycles. The smallest absolute Gasteiger partial charge is 0.317 e. The van der Waals surface area contributed by atoms with Crippen molar-refractivity contribution in [1.29, 1.82) is 0 Å². The molecule has 0 aromatic carbocycles. The topological polar surface area (TPSA) is 53.4 Å². The molecule has 1 fully saturated rings. The van der Waals surface area contributed by atoms with Crippen LogP contribution >= 0.6 is 0 Å². The number of aromatic nitrogens is 2. The lowest BCUT2D eigenvalue weighted by molar-refractivity contribution is 0.126. The fourth-order valence-electron chi connectivity index (χ4n) is 3.12. The van der Waals surface area contributed by atoms with Crippen LogP contribution in [0.25, 0.3) is 0 Å². The van der Waals surface area contributed by atoms with Gasteiger partial charge in [-0.2, -0.15) is 5.10 Å². The largest absolute Gasteiger partial charge is 0.336 e. The second kappa shape index (κ2) is 7.13. The Bertz CT molecular complexity index is 498. The van der Waals surface area contributed by atoms with Crippen LogP contribution in [-0.4, -0.2) is 58.8 Å². The molecule has 3 atom stereocenters. The van der Waals surface area contributed by atoms with Crippen molar-refractivity contribution in [3.8, 4) is 0 Å². The molecule has 0 spiro atoms. The van der Waals surface area contributed by atoms with E-state index in [1.165, 1.54) is 6.42 Å². The van der Waals surface area contributed by atoms with Gasteiger partial charge in [0.25, 0.3) is 0 Å². The molecule has 2 heterocycles. The van der Waals surface area contributed by atoms with Crippen LogP contribution in [0.15, 0.2) is 12.4 Å². The summed E-state index contributed by atoms with van der Waals surface area (Å²) in [4.78, 5) is 16.6. The van der Waals surface area contributed by atoms with Gasteiger partial charge >= 0.3 is 6.03 Å². The van der Waals surface area contributed by atoms with Crippen LogP contribution in [0.5, 0.6) is 0 Å². The van der Waals surface area contributed by atoms with E-state index >= 15 is 0 Å². The van der Waals surface area contributed by atoms with Gasteiger partial charge in [0, 0.05) is 37.9 Å². The van der Waals surface area contributed by atoms with Crippen LogP contribution in [0.1, 0.15) is 38.3 Å². The molecule has 1 aromatic heterocycles. The van der Waals surface area contributed by atoms with Gasteiger partial charge in [-0.15, -0.1) is 0 Å². The Morgan fingerprint density at radius 3 is 2.82 bits per heavy atom. The molecule has 22 heavy (non-hydrogen) atoms. The highest BCUT2D eigenvalue weighted by atomic mass is 16.2. The number of piperidine rings is 1. The number of urea groups is 1. The van der Waals surface area contributed by atoms with Crippen molar-refractivity contribution in [1.82, 2.24) is 24.9 Å². The summed E-state index contributed by atoms with van der Waals surface area (Å²) in [7, 11) is 5.95. The summed E-state index contributed by atoms with van der Waals surface area (Å²) in [6.07, 6.45) is 6.17. The van der Waals surface area contributed by atoms with E-state index in [1.807, 2.05) is 38.4 Å². The molecule has 0 unspecified atom stereocenters. The summed E-state index contributed by atoms with van der Waals surface area (Å²) in [6.45, 7) is 5.82. The number of rotatable bonds is 4. The van der Waals surface area contributed by atoms with E-state index < -0.39 is 0 Å². The van der Waals surface area contributed by atoms with Gasteiger partial charge in [0.05, 0.1) is 12.2 Å². The van der Waals surface area contributed by atoms with E-state index in [2.05, 4.69) is 29.2 Å². The summed E-state index contributed by atoms with van der Waals surface area (Å²) in [5, 5.41) is 7.33. The molecule has 1 N–H and O–H groups in total. The fraction of sp³-hybridized carbons (Fsp3) is 0.750. The zero-order valence-corrected chi connectivity index (χ0v) is 14.4. The van der Waals surface area contributed by atoms with E-state index in [-0.39, 0.29) is 12.1 Å². The summed E-state index contributed by atoms with van der Waals surface area (Å²) in [5.41, 5.74) is 1.12. The molecular weight excluding hydrogens is 278 g/mol. The third-order valence-electron chi connectivity index (χ3n) is 4.81. The Hall–Kier alpha value is -1.56. The van der Waals surface area contributed by atoms with Crippen LogP contribution in [0, 0.1) is 5.92 Å². The van der Waals surface area contributed by atoms with Gasteiger partial charge in [-0.3, -0.25) is 4.68 Å². The molecule has 6 nitrogen and oxygen atoms in total. The van der Waals surface area contributed by atoms with E-state index in [0.717, 1.165) is 18.5 Å². The standard InChI is InChI=1S/C16H29N5O/c1-12-7-6-8-21(13(12)2)16(22)17-10-15(19(3)4)14-9-18-20(5)11-14/h9,11-13,15H,6-8,10H2,1-5H3,(H,17,22)/t12-,13-,15-/m1/s1. The molecular formula is C16H29N5O. The van der Waals surface area contributed by atoms with Crippen LogP contribution in [0.4, 0.5) is 4.79 Å². The third kappa shape index (κ3) is 3.80. The number of amides is 2. The van der Waals surface area contributed by atoms with Crippen molar-refractivity contribution >= 4 is 6.03 Å². The fourth-order valence-corrected chi connectivity index (χ4v) is 3.12. The van der Waals surface area contributed by atoms with Gasteiger partial charge in [0.15, 0.2) is 0 Å². The molecule has 124 valence electrons. The lowest BCUT2D eigenvalue weighted by atomic mass is 9.92. The molecule has 0 saturated carbocycles. The van der Waals surface area contributed by atoms with Crippen LogP contribution in [0.2, 0.25) is 0 Å². The minimum atomic E-state index is 0.0507. The molecule has 0 bridgehead atoms. The second-order valence-electron chi connectivity index (χ2n) is 6.67. The first-order valence-corrected chi connectivity index (χ1v) is 8.09. The Kier molecular flexibility index (Phi) is 5.45. The number of hydrogen-bond donors (Lipinski definition) is 1. The zero-order chi connectivity index (χ0) is 16.3. The van der Waals surface area contributed by atoms with Crippen molar-refractivity contribution in [3.05, 3.63) is 18.0 Å². The highest BCUT2D eigenvalue weighted by Crippen LogP contribution is 2.23. The number of carbonyl (C=O) groups excluding carboxylic acids is 1. The Morgan fingerprint density at radius 2 is 2.23 bits per heavy atom. The van der Waals surface area contributed by atoms with Crippen molar-refractivity contribution in [3.63, 3.8) is 0 Å². The van der Waals surface area contributed by atoms with Crippen molar-refractivity contribution in [2.45, 2.75) is 38.8 Å². The number of likely N-dealkylation sites (tertiary alicyclic amines) is 1. The molecule has 2 rings (SSSR count). The summed E-state index contributed by atoms with van der Waals surface area (Å²) >= 11 is 0. The van der Waals surface area contributed by atoms with Crippen molar-refractivity contribution in [2.24, 2.45) is 13.0 Å². The Morgan fingerprint density at radius 1 is 1.50 bits per heavy atom. The minimum absolute atomic E-state index is 0.0507. The normalized spacial score (nSPS) is 23.6. The van der Waals surface area contributed by atoms with Gasteiger partial charge < -0.3 is 15.1 Å². The highest BCUT2D eigenvalue weighted by Gasteiger charge is 2.28. The summed E-state index contributed by atoms with van der Waals surface area (Å²) < 4.78 is 1.79. The minimum Gasteiger partial charge on any atom is -0.336 e. The zero-order valence-electron chi connectivity index (χ0n) is 14.4. The molecule has 1 saturated heterocycles. The number of aryl methyl sites for hydroxylation is 1. The first-order chi connectivity index (χ1) is 10.4. The maximum Gasteiger partial charge on any atom is 0.317 e. The van der Waals surface area contributed by atoms with Crippen LogP contribution in [-0.2, 0) is 7.05 Å². The van der Waals surface area contributed by atoms with E-state index in [9.17, 15) is 4.79 Å². The lowest BCUT2D eigenvalue weighted by Gasteiger charge is -2.38. The number of likely N-dealkylation sites (N-methyl/N-ethyl adjacent to an activating group) is 1. The van der Waals surface area contributed by atoms with Gasteiger partial charge in [0.1, 0.15) is 0 Å². The highest BCUT2D eigenvalue weighted by molar-refractivity contribution is 5.74. The predicted molar refractivity (Wildman–Crippen MR) is 87.6 cm³/mol. The molecule has 1 aliphatic rings. The average molecular weight is 307 g/mol. The van der Waals surface area contributed by atoms with Gasteiger partial charge in [-0.1, -0.05) is 6.92 Å². The van der Waals surface area contributed by atoms with E-state index in [0.29, 0.717) is 18.5 Å². The third-order valence-corrected chi connectivity index (χ3v) is 4.81. The first kappa shape index (κ1) is 16.8. The number of carbonyl (C=O) groups is 1. The van der Waals surface area contributed by atoms with Crippen molar-refractivity contribution in [2.75, 3.05) is 27.2 Å². The van der Waals surface area contributed by atoms with E-state index in [1.54, 1.807) is 4.68 Å². The number of hydrogen-bond acceptors (Lipinski definition) is 3. The first-order valence-electron chi connectivity index (χ1n) is 8.09. The molecule has 1 aromatic rings. The Labute approximate surface area is 133 Å². The number of nitrogens with zero attached hydrogens (tertiary/aromatic N) is 4. The maximum atomic E-state index is 12.5. The maximum absolute atomic E-state index is 12.5. The van der Waals surface area contributed by atoms with E-state index in [4.69, 9.17) is 0 Å². The number of nitrogens with one attached hydrogen (secondary N) is 1. The molecule has 1 aliphatic heterocycles. The second-order valence-corrected chi connectivity index (χ2v) is 6.67. The van der Waals surface area contributed by atoms with Gasteiger partial charge in [-0.25, -0.2) is 4.79 Å². The van der Waals surface area contributed by atoms with Gasteiger partial charge in [-0.05, 0) is 39.8 Å². The van der Waals surface area contributed by atoms with Crippen molar-refractivity contribution < 1.29 is 4.79 Å². The quantitative estimate of drug-likeness (QED) is 0.923. The average Bonchev–Trinajstić information content (AvgIpc) is 2.88. The Balaban J connectivity index is 1.96. The SMILES string of the molecule is C[C@@H]1CCCN(C(=O)NC[C@H](c2cnn(C)c2)N(C)C)[C@@H]1C. The molecule has 0 radical (unpaired) electrons. The van der Waals surface area contributed by atoms with Gasteiger partial charge in [0.2, 0.25) is 0 Å². The monoisotopic (exact) mass is 307 g/mol. The molecule has 6 heteroatoms. The van der Waals surface area contributed by atoms with Crippen LogP contribution < -0.4 is 5.32 Å². The van der Waals surface area contributed by atoms with Crippen LogP contribution in [0.3, 0.4) is 0 Å². The summed E-state index contributed by atoms with van der Waals surface area (Å²) in [6, 6.07) is 0.495. The lowest BCUT2D eigenvalue weighted by Crippen LogP contribution is -2.51. The summed E-state index contributed by atoms with van der Waals surface area (Å²) in [5.74, 6) is 0.572. The molecule has 2 amide bonds.